The summed E-state index contributed by atoms with van der Waals surface area (Å²) in [5.41, 5.74) is 0. The molecule has 1 N–H and O–H groups in total. The van der Waals surface area contributed by atoms with E-state index in [1.807, 2.05) is 12.4 Å². The predicted molar refractivity (Wildman–Crippen MR) is 58.3 cm³/mol. The Balaban J connectivity index is 2.14. The molecule has 0 unspecified atom stereocenters. The second-order valence-corrected chi connectivity index (χ2v) is 3.86. The number of ether oxygens (including phenoxy) is 2. The molecular weight excluding hydrogens is 198 g/mol. The molecule has 3 nitrogen and oxygen atoms in total. The number of thiophene rings is 1. The van der Waals surface area contributed by atoms with Crippen LogP contribution in [0.25, 0.3) is 6.08 Å². The SMILES string of the molecule is CNCC=Cc1scc2c1OCCO2. The van der Waals surface area contributed by atoms with Crippen molar-refractivity contribution in [2.24, 2.45) is 0 Å². The molecule has 1 aliphatic heterocycles. The summed E-state index contributed by atoms with van der Waals surface area (Å²) in [6.07, 6.45) is 4.14. The third kappa shape index (κ3) is 1.91. The number of nitrogens with one attached hydrogen (secondary N) is 1. The molecule has 1 aliphatic rings. The van der Waals surface area contributed by atoms with E-state index in [0.29, 0.717) is 13.2 Å². The fraction of sp³-hybridized carbons (Fsp3) is 0.400. The molecule has 1 aromatic rings. The average molecular weight is 211 g/mol. The van der Waals surface area contributed by atoms with Gasteiger partial charge in [-0.15, -0.1) is 11.3 Å². The summed E-state index contributed by atoms with van der Waals surface area (Å²) in [5, 5.41) is 5.05. The third-order valence-electron chi connectivity index (χ3n) is 1.92. The maximum absolute atomic E-state index is 5.54. The largest absolute Gasteiger partial charge is 0.485 e. The van der Waals surface area contributed by atoms with Gasteiger partial charge in [0.2, 0.25) is 0 Å². The third-order valence-corrected chi connectivity index (χ3v) is 2.83. The molecule has 0 saturated carbocycles. The van der Waals surface area contributed by atoms with Crippen LogP contribution in [0.3, 0.4) is 0 Å². The van der Waals surface area contributed by atoms with Gasteiger partial charge in [-0.25, -0.2) is 0 Å². The summed E-state index contributed by atoms with van der Waals surface area (Å²) < 4.78 is 11.0. The van der Waals surface area contributed by atoms with Crippen LogP contribution in [0.2, 0.25) is 0 Å². The van der Waals surface area contributed by atoms with Crippen LogP contribution in [0.1, 0.15) is 4.88 Å². The Morgan fingerprint density at radius 3 is 3.21 bits per heavy atom. The van der Waals surface area contributed by atoms with Gasteiger partial charge >= 0.3 is 0 Å². The van der Waals surface area contributed by atoms with Gasteiger partial charge in [0.05, 0.1) is 4.88 Å². The molecule has 14 heavy (non-hydrogen) atoms. The molecule has 0 atom stereocenters. The Kier molecular flexibility index (Phi) is 3.06. The van der Waals surface area contributed by atoms with E-state index in [2.05, 4.69) is 17.5 Å². The van der Waals surface area contributed by atoms with Gasteiger partial charge in [0.25, 0.3) is 0 Å². The molecule has 2 heterocycles. The molecule has 0 aliphatic carbocycles. The Bertz CT molecular complexity index is 333. The average Bonchev–Trinajstić information content (AvgIpc) is 2.63. The lowest BCUT2D eigenvalue weighted by molar-refractivity contribution is 0.173. The predicted octanol–water partition coefficient (Wildman–Crippen LogP) is 1.75. The zero-order chi connectivity index (χ0) is 9.80. The van der Waals surface area contributed by atoms with Crippen molar-refractivity contribution < 1.29 is 9.47 Å². The molecule has 0 amide bonds. The Morgan fingerprint density at radius 1 is 1.50 bits per heavy atom. The van der Waals surface area contributed by atoms with E-state index in [4.69, 9.17) is 9.47 Å². The minimum absolute atomic E-state index is 0.649. The minimum Gasteiger partial charge on any atom is -0.485 e. The molecule has 76 valence electrons. The van der Waals surface area contributed by atoms with Gasteiger partial charge in [-0.05, 0) is 13.1 Å². The molecule has 2 rings (SSSR count). The van der Waals surface area contributed by atoms with Crippen LogP contribution in [-0.4, -0.2) is 26.8 Å². The quantitative estimate of drug-likeness (QED) is 0.826. The first-order valence-corrected chi connectivity index (χ1v) is 5.48. The van der Waals surface area contributed by atoms with Gasteiger partial charge in [0, 0.05) is 11.9 Å². The van der Waals surface area contributed by atoms with E-state index in [1.165, 1.54) is 0 Å². The first kappa shape index (κ1) is 9.55. The van der Waals surface area contributed by atoms with Crippen LogP contribution < -0.4 is 14.8 Å². The highest BCUT2D eigenvalue weighted by Crippen LogP contribution is 2.39. The lowest BCUT2D eigenvalue weighted by Crippen LogP contribution is -2.14. The van der Waals surface area contributed by atoms with Gasteiger partial charge in [0.15, 0.2) is 11.5 Å². The molecule has 0 radical (unpaired) electrons. The highest BCUT2D eigenvalue weighted by atomic mass is 32.1. The number of fused-ring (bicyclic) bond motifs is 1. The molecule has 0 fully saturated rings. The van der Waals surface area contributed by atoms with E-state index in [1.54, 1.807) is 11.3 Å². The lowest BCUT2D eigenvalue weighted by atomic mass is 10.3. The fourth-order valence-electron chi connectivity index (χ4n) is 1.28. The zero-order valence-electron chi connectivity index (χ0n) is 8.08. The molecule has 0 saturated heterocycles. The maximum atomic E-state index is 5.54. The van der Waals surface area contributed by atoms with Gasteiger partial charge in [-0.3, -0.25) is 0 Å². The number of hydrogen-bond acceptors (Lipinski definition) is 4. The molecule has 0 spiro atoms. The first-order valence-electron chi connectivity index (χ1n) is 4.60. The van der Waals surface area contributed by atoms with Crippen molar-refractivity contribution >= 4 is 17.4 Å². The topological polar surface area (TPSA) is 30.5 Å². The summed E-state index contributed by atoms with van der Waals surface area (Å²) in [5.74, 6) is 1.78. The van der Waals surface area contributed by atoms with Crippen molar-refractivity contribution in [1.29, 1.82) is 0 Å². The first-order chi connectivity index (χ1) is 6.92. The Labute approximate surface area is 87.3 Å². The molecular formula is C10H13NO2S. The second kappa shape index (κ2) is 4.48. The van der Waals surface area contributed by atoms with Crippen molar-refractivity contribution in [3.8, 4) is 11.5 Å². The van der Waals surface area contributed by atoms with Crippen molar-refractivity contribution in [3.05, 3.63) is 16.3 Å². The number of hydrogen-bond donors (Lipinski definition) is 1. The summed E-state index contributed by atoms with van der Waals surface area (Å²) >= 11 is 1.65. The van der Waals surface area contributed by atoms with Crippen molar-refractivity contribution in [2.45, 2.75) is 0 Å². The highest BCUT2D eigenvalue weighted by Gasteiger charge is 2.16. The van der Waals surface area contributed by atoms with Gasteiger partial charge in [-0.1, -0.05) is 6.08 Å². The van der Waals surface area contributed by atoms with E-state index in [0.717, 1.165) is 22.9 Å². The van der Waals surface area contributed by atoms with Crippen LogP contribution in [0.4, 0.5) is 0 Å². The second-order valence-electron chi connectivity index (χ2n) is 2.95. The summed E-state index contributed by atoms with van der Waals surface area (Å²) in [6.45, 7) is 2.17. The van der Waals surface area contributed by atoms with E-state index in [9.17, 15) is 0 Å². The van der Waals surface area contributed by atoms with Crippen molar-refractivity contribution in [3.63, 3.8) is 0 Å². The molecule has 0 aromatic carbocycles. The van der Waals surface area contributed by atoms with Crippen molar-refractivity contribution in [2.75, 3.05) is 26.8 Å². The van der Waals surface area contributed by atoms with E-state index in [-0.39, 0.29) is 0 Å². The van der Waals surface area contributed by atoms with Gasteiger partial charge in [0.1, 0.15) is 13.2 Å². The smallest absolute Gasteiger partial charge is 0.179 e. The summed E-state index contributed by atoms with van der Waals surface area (Å²) in [7, 11) is 1.92. The zero-order valence-corrected chi connectivity index (χ0v) is 8.89. The van der Waals surface area contributed by atoms with Gasteiger partial charge in [-0.2, -0.15) is 0 Å². The standard InChI is InChI=1S/C10H13NO2S/c1-11-4-2-3-9-10-8(7-14-9)12-5-6-13-10/h2-3,7,11H,4-6H2,1H3. The molecule has 0 bridgehead atoms. The Hall–Kier alpha value is -1.00. The van der Waals surface area contributed by atoms with E-state index >= 15 is 0 Å². The van der Waals surface area contributed by atoms with E-state index < -0.39 is 0 Å². The van der Waals surface area contributed by atoms with Crippen LogP contribution in [0.5, 0.6) is 11.5 Å². The Morgan fingerprint density at radius 2 is 2.36 bits per heavy atom. The fourth-order valence-corrected chi connectivity index (χ4v) is 2.13. The normalized spacial score (nSPS) is 14.9. The van der Waals surface area contributed by atoms with Gasteiger partial charge < -0.3 is 14.8 Å². The molecule has 1 aromatic heterocycles. The van der Waals surface area contributed by atoms with Crippen LogP contribution in [0, 0.1) is 0 Å². The summed E-state index contributed by atoms with van der Waals surface area (Å²) in [6, 6.07) is 0. The monoisotopic (exact) mass is 211 g/mol. The van der Waals surface area contributed by atoms with Crippen molar-refractivity contribution in [1.82, 2.24) is 5.32 Å². The minimum atomic E-state index is 0.649. The van der Waals surface area contributed by atoms with Crippen LogP contribution in [0.15, 0.2) is 11.5 Å². The lowest BCUT2D eigenvalue weighted by Gasteiger charge is -2.15. The molecule has 4 heteroatoms. The number of rotatable bonds is 3. The number of likely N-dealkylation sites (N-methyl/N-ethyl adjacent to an activating group) is 1. The van der Waals surface area contributed by atoms with Crippen LogP contribution >= 0.6 is 11.3 Å². The summed E-state index contributed by atoms with van der Waals surface area (Å²) in [4.78, 5) is 1.13. The van der Waals surface area contributed by atoms with Crippen LogP contribution in [-0.2, 0) is 0 Å². The highest BCUT2D eigenvalue weighted by molar-refractivity contribution is 7.11. The maximum Gasteiger partial charge on any atom is 0.179 e.